The molecular weight excluding hydrogens is 298 g/mol. The van der Waals surface area contributed by atoms with Crippen molar-refractivity contribution in [2.45, 2.75) is 13.5 Å². The predicted molar refractivity (Wildman–Crippen MR) is 87.2 cm³/mol. The lowest BCUT2D eigenvalue weighted by molar-refractivity contribution is 0.0781. The second-order valence-corrected chi connectivity index (χ2v) is 6.09. The minimum atomic E-state index is -0.161. The molecule has 0 bridgehead atoms. The Morgan fingerprint density at radius 1 is 1.27 bits per heavy atom. The fourth-order valence-corrected chi connectivity index (χ4v) is 2.94. The molecule has 0 aliphatic carbocycles. The molecular formula is C16H15N3O2S. The van der Waals surface area contributed by atoms with E-state index in [0.717, 1.165) is 5.56 Å². The van der Waals surface area contributed by atoms with Gasteiger partial charge in [-0.1, -0.05) is 17.7 Å². The Balaban J connectivity index is 1.83. The highest BCUT2D eigenvalue weighted by atomic mass is 32.1. The van der Waals surface area contributed by atoms with E-state index in [4.69, 9.17) is 0 Å². The molecule has 0 atom stereocenters. The molecule has 2 heterocycles. The highest BCUT2D eigenvalue weighted by Gasteiger charge is 2.14. The summed E-state index contributed by atoms with van der Waals surface area (Å²) in [6.07, 6.45) is 0. The number of carbonyl (C=O) groups is 1. The number of aromatic amines is 1. The molecule has 0 aliphatic rings. The summed E-state index contributed by atoms with van der Waals surface area (Å²) >= 11 is 1.36. The number of H-pyrrole nitrogens is 1. The van der Waals surface area contributed by atoms with E-state index >= 15 is 0 Å². The fourth-order valence-electron chi connectivity index (χ4n) is 2.21. The Morgan fingerprint density at radius 2 is 2.00 bits per heavy atom. The van der Waals surface area contributed by atoms with E-state index in [1.165, 1.54) is 11.3 Å². The van der Waals surface area contributed by atoms with Crippen molar-refractivity contribution in [1.29, 1.82) is 0 Å². The molecule has 112 valence electrons. The summed E-state index contributed by atoms with van der Waals surface area (Å²) in [5.41, 5.74) is 2.23. The van der Waals surface area contributed by atoms with Crippen LogP contribution in [0.5, 0.6) is 0 Å². The Morgan fingerprint density at radius 3 is 2.73 bits per heavy atom. The molecule has 0 radical (unpaired) electrons. The van der Waals surface area contributed by atoms with Crippen molar-refractivity contribution in [2.75, 3.05) is 7.05 Å². The monoisotopic (exact) mass is 313 g/mol. The second-order valence-electron chi connectivity index (χ2n) is 5.17. The van der Waals surface area contributed by atoms with Gasteiger partial charge in [0.15, 0.2) is 0 Å². The highest BCUT2D eigenvalue weighted by molar-refractivity contribution is 7.17. The third kappa shape index (κ3) is 2.78. The lowest BCUT2D eigenvalue weighted by Gasteiger charge is -2.16. The maximum absolute atomic E-state index is 12.4. The van der Waals surface area contributed by atoms with Crippen molar-refractivity contribution < 1.29 is 4.79 Å². The Kier molecular flexibility index (Phi) is 3.77. The number of carbonyl (C=O) groups excluding carboxylic acids is 1. The molecule has 22 heavy (non-hydrogen) atoms. The molecule has 0 saturated heterocycles. The van der Waals surface area contributed by atoms with Gasteiger partial charge in [-0.05, 0) is 30.5 Å². The molecule has 3 rings (SSSR count). The van der Waals surface area contributed by atoms with Crippen molar-refractivity contribution >= 4 is 27.5 Å². The van der Waals surface area contributed by atoms with E-state index in [-0.39, 0.29) is 18.0 Å². The first kappa shape index (κ1) is 14.5. The lowest BCUT2D eigenvalue weighted by Crippen LogP contribution is -2.28. The number of amides is 1. The van der Waals surface area contributed by atoms with E-state index in [0.29, 0.717) is 21.6 Å². The van der Waals surface area contributed by atoms with Crippen LogP contribution in [-0.2, 0) is 6.54 Å². The van der Waals surface area contributed by atoms with E-state index in [2.05, 4.69) is 9.97 Å². The third-order valence-corrected chi connectivity index (χ3v) is 4.30. The number of rotatable bonds is 3. The van der Waals surface area contributed by atoms with E-state index in [9.17, 15) is 9.59 Å². The standard InChI is InChI=1S/C16H15N3O2S/c1-10-3-5-11(6-4-10)16(21)19(2)9-13-17-12-7-8-22-14(12)15(20)18-13/h3-8H,9H2,1-2H3,(H,17,18,20). The van der Waals surface area contributed by atoms with Gasteiger partial charge < -0.3 is 9.88 Å². The first-order chi connectivity index (χ1) is 10.5. The number of nitrogens with one attached hydrogen (secondary N) is 1. The van der Waals surface area contributed by atoms with E-state index in [1.807, 2.05) is 24.4 Å². The van der Waals surface area contributed by atoms with Crippen LogP contribution in [0.25, 0.3) is 10.2 Å². The van der Waals surface area contributed by atoms with Gasteiger partial charge >= 0.3 is 0 Å². The maximum Gasteiger partial charge on any atom is 0.268 e. The predicted octanol–water partition coefficient (Wildman–Crippen LogP) is 2.57. The molecule has 0 unspecified atom stereocenters. The van der Waals surface area contributed by atoms with Crippen LogP contribution in [0, 0.1) is 6.92 Å². The van der Waals surface area contributed by atoms with Crippen LogP contribution < -0.4 is 5.56 Å². The van der Waals surface area contributed by atoms with Crippen LogP contribution in [0.3, 0.4) is 0 Å². The van der Waals surface area contributed by atoms with Gasteiger partial charge in [0.2, 0.25) is 0 Å². The van der Waals surface area contributed by atoms with Gasteiger partial charge in [-0.25, -0.2) is 4.98 Å². The van der Waals surface area contributed by atoms with Gasteiger partial charge in [0.25, 0.3) is 11.5 Å². The van der Waals surface area contributed by atoms with Crippen LogP contribution >= 0.6 is 11.3 Å². The van der Waals surface area contributed by atoms with Gasteiger partial charge in [0.1, 0.15) is 10.5 Å². The molecule has 3 aromatic rings. The summed E-state index contributed by atoms with van der Waals surface area (Å²) in [7, 11) is 1.69. The number of hydrogen-bond acceptors (Lipinski definition) is 4. The number of aryl methyl sites for hydroxylation is 1. The maximum atomic E-state index is 12.4. The van der Waals surface area contributed by atoms with Crippen molar-refractivity contribution in [1.82, 2.24) is 14.9 Å². The van der Waals surface area contributed by atoms with Crippen LogP contribution in [0.15, 0.2) is 40.5 Å². The Bertz CT molecular complexity index is 880. The summed E-state index contributed by atoms with van der Waals surface area (Å²) in [6, 6.07) is 9.20. The van der Waals surface area contributed by atoms with Gasteiger partial charge in [-0.15, -0.1) is 11.3 Å². The minimum Gasteiger partial charge on any atom is -0.334 e. The van der Waals surface area contributed by atoms with Crippen LogP contribution in [-0.4, -0.2) is 27.8 Å². The summed E-state index contributed by atoms with van der Waals surface area (Å²) in [6.45, 7) is 2.23. The summed E-state index contributed by atoms with van der Waals surface area (Å²) in [5, 5.41) is 1.83. The fraction of sp³-hybridized carbons (Fsp3) is 0.188. The summed E-state index contributed by atoms with van der Waals surface area (Å²) < 4.78 is 0.608. The minimum absolute atomic E-state index is 0.104. The number of aromatic nitrogens is 2. The van der Waals surface area contributed by atoms with Crippen molar-refractivity contribution in [3.63, 3.8) is 0 Å². The quantitative estimate of drug-likeness (QED) is 0.808. The first-order valence-electron chi connectivity index (χ1n) is 6.83. The molecule has 2 aromatic heterocycles. The number of nitrogens with zero attached hydrogens (tertiary/aromatic N) is 2. The largest absolute Gasteiger partial charge is 0.334 e. The molecule has 1 amide bonds. The molecule has 0 aliphatic heterocycles. The Labute approximate surface area is 131 Å². The second kappa shape index (κ2) is 5.73. The third-order valence-electron chi connectivity index (χ3n) is 3.40. The normalized spacial score (nSPS) is 10.8. The zero-order chi connectivity index (χ0) is 15.7. The van der Waals surface area contributed by atoms with Crippen molar-refractivity contribution in [3.8, 4) is 0 Å². The molecule has 5 nitrogen and oxygen atoms in total. The Hall–Kier alpha value is -2.47. The SMILES string of the molecule is Cc1ccc(C(=O)N(C)Cc2nc3ccsc3c(=O)[nH]2)cc1. The smallest absolute Gasteiger partial charge is 0.268 e. The molecule has 1 aromatic carbocycles. The molecule has 0 spiro atoms. The van der Waals surface area contributed by atoms with Crippen LogP contribution in [0.2, 0.25) is 0 Å². The zero-order valence-electron chi connectivity index (χ0n) is 12.3. The topological polar surface area (TPSA) is 66.1 Å². The van der Waals surface area contributed by atoms with E-state index in [1.54, 1.807) is 30.1 Å². The average molecular weight is 313 g/mol. The first-order valence-corrected chi connectivity index (χ1v) is 7.71. The van der Waals surface area contributed by atoms with Crippen LogP contribution in [0.4, 0.5) is 0 Å². The summed E-state index contributed by atoms with van der Waals surface area (Å²) in [5.74, 6) is 0.381. The molecule has 6 heteroatoms. The molecule has 1 N–H and O–H groups in total. The van der Waals surface area contributed by atoms with Crippen molar-refractivity contribution in [3.05, 3.63) is 63.0 Å². The van der Waals surface area contributed by atoms with E-state index < -0.39 is 0 Å². The number of hydrogen-bond donors (Lipinski definition) is 1. The van der Waals surface area contributed by atoms with Crippen LogP contribution in [0.1, 0.15) is 21.7 Å². The lowest BCUT2D eigenvalue weighted by atomic mass is 10.1. The average Bonchev–Trinajstić information content (AvgIpc) is 2.96. The zero-order valence-corrected chi connectivity index (χ0v) is 13.1. The van der Waals surface area contributed by atoms with Gasteiger partial charge in [-0.2, -0.15) is 0 Å². The summed E-state index contributed by atoms with van der Waals surface area (Å²) in [4.78, 5) is 33.0. The highest BCUT2D eigenvalue weighted by Crippen LogP contribution is 2.14. The number of benzene rings is 1. The van der Waals surface area contributed by atoms with Gasteiger partial charge in [0.05, 0.1) is 12.1 Å². The van der Waals surface area contributed by atoms with Gasteiger partial charge in [-0.3, -0.25) is 9.59 Å². The number of thiophene rings is 1. The van der Waals surface area contributed by atoms with Gasteiger partial charge in [0, 0.05) is 12.6 Å². The molecule has 0 fully saturated rings. The number of fused-ring (bicyclic) bond motifs is 1. The van der Waals surface area contributed by atoms with Crippen molar-refractivity contribution in [2.24, 2.45) is 0 Å². The molecule has 0 saturated carbocycles.